The highest BCUT2D eigenvalue weighted by molar-refractivity contribution is 5.69. The van der Waals surface area contributed by atoms with E-state index in [4.69, 9.17) is 66.3 Å². The molecule has 310 valence electrons. The molecule has 1 aliphatic heterocycles. The van der Waals surface area contributed by atoms with Crippen molar-refractivity contribution in [3.05, 3.63) is 0 Å². The first kappa shape index (κ1) is 49.0. The first-order valence-electron chi connectivity index (χ1n) is 19.6. The van der Waals surface area contributed by atoms with Crippen LogP contribution in [0.4, 0.5) is 0 Å². The van der Waals surface area contributed by atoms with Crippen LogP contribution in [0.5, 0.6) is 0 Å². The Labute approximate surface area is 313 Å². The van der Waals surface area contributed by atoms with Crippen molar-refractivity contribution in [2.24, 2.45) is 0 Å². The molecule has 1 aliphatic rings. The summed E-state index contributed by atoms with van der Waals surface area (Å²) in [4.78, 5) is 11.6. The van der Waals surface area contributed by atoms with Gasteiger partial charge in [0.15, 0.2) is 6.29 Å². The van der Waals surface area contributed by atoms with Crippen molar-refractivity contribution in [2.75, 3.05) is 165 Å². The minimum absolute atomic E-state index is 0.0692. The van der Waals surface area contributed by atoms with E-state index < -0.39 is 0 Å². The molecule has 15 heteroatoms. The fraction of sp³-hybridized carbons (Fsp3) is 0.973. The van der Waals surface area contributed by atoms with E-state index in [0.717, 1.165) is 38.7 Å². The standard InChI is InChI=1S/C37H72O15/c1-2-3-4-5-6-9-36(38)50-34-32-48-30-28-46-26-24-44-22-20-42-18-16-40-14-12-39-13-15-41-17-19-43-21-23-45-25-27-47-29-31-49-33-35-52-37-10-7-8-11-51-37/h37H,2-35H2,1H3. The molecule has 15 nitrogen and oxygen atoms in total. The van der Waals surface area contributed by atoms with Crippen LogP contribution < -0.4 is 0 Å². The second-order valence-corrected chi connectivity index (χ2v) is 11.8. The van der Waals surface area contributed by atoms with Gasteiger partial charge in [-0.05, 0) is 25.7 Å². The van der Waals surface area contributed by atoms with Crippen LogP contribution in [0.15, 0.2) is 0 Å². The van der Waals surface area contributed by atoms with E-state index in [-0.39, 0.29) is 18.9 Å². The summed E-state index contributed by atoms with van der Waals surface area (Å²) in [7, 11) is 0. The number of esters is 1. The van der Waals surface area contributed by atoms with Gasteiger partial charge in [-0.3, -0.25) is 4.79 Å². The predicted octanol–water partition coefficient (Wildman–Crippen LogP) is 3.62. The normalized spacial score (nSPS) is 14.7. The Morgan fingerprint density at radius 3 is 1.13 bits per heavy atom. The van der Waals surface area contributed by atoms with E-state index in [0.29, 0.717) is 158 Å². The van der Waals surface area contributed by atoms with Gasteiger partial charge in [0.1, 0.15) is 6.61 Å². The molecule has 0 aromatic rings. The van der Waals surface area contributed by atoms with E-state index in [2.05, 4.69) is 6.92 Å². The van der Waals surface area contributed by atoms with Gasteiger partial charge in [0.05, 0.1) is 152 Å². The highest BCUT2D eigenvalue weighted by atomic mass is 16.7. The molecular weight excluding hydrogens is 684 g/mol. The fourth-order valence-electron chi connectivity index (χ4n) is 4.54. The van der Waals surface area contributed by atoms with Crippen LogP contribution in [0.3, 0.4) is 0 Å². The summed E-state index contributed by atoms with van der Waals surface area (Å²) in [5.74, 6) is -0.148. The number of carbonyl (C=O) groups excluding carboxylic acids is 1. The molecule has 0 amide bonds. The molecule has 1 fully saturated rings. The zero-order chi connectivity index (χ0) is 37.1. The van der Waals surface area contributed by atoms with E-state index in [1.165, 1.54) is 19.3 Å². The third-order valence-electron chi connectivity index (χ3n) is 7.36. The second kappa shape index (κ2) is 42.7. The smallest absolute Gasteiger partial charge is 0.305 e. The van der Waals surface area contributed by atoms with Crippen LogP contribution in [-0.4, -0.2) is 177 Å². The summed E-state index contributed by atoms with van der Waals surface area (Å²) >= 11 is 0. The zero-order valence-electron chi connectivity index (χ0n) is 32.2. The van der Waals surface area contributed by atoms with Gasteiger partial charge in [0.25, 0.3) is 0 Å². The van der Waals surface area contributed by atoms with Crippen LogP contribution in [0.1, 0.15) is 64.7 Å². The Hall–Kier alpha value is -1.05. The van der Waals surface area contributed by atoms with Gasteiger partial charge in [-0.1, -0.05) is 32.6 Å². The molecule has 0 aromatic heterocycles. The number of rotatable bonds is 43. The molecular formula is C37H72O15. The van der Waals surface area contributed by atoms with Gasteiger partial charge >= 0.3 is 5.97 Å². The van der Waals surface area contributed by atoms with Gasteiger partial charge in [-0.15, -0.1) is 0 Å². The van der Waals surface area contributed by atoms with E-state index >= 15 is 0 Å². The Balaban J connectivity index is 1.61. The van der Waals surface area contributed by atoms with Crippen molar-refractivity contribution in [3.8, 4) is 0 Å². The summed E-state index contributed by atoms with van der Waals surface area (Å²) in [5, 5.41) is 0. The van der Waals surface area contributed by atoms with E-state index in [1.54, 1.807) is 0 Å². The number of hydrogen-bond donors (Lipinski definition) is 0. The number of hydrogen-bond acceptors (Lipinski definition) is 15. The molecule has 0 radical (unpaired) electrons. The molecule has 1 unspecified atom stereocenters. The molecule has 1 heterocycles. The minimum atomic E-state index is -0.148. The van der Waals surface area contributed by atoms with Crippen LogP contribution in [-0.2, 0) is 71.1 Å². The first-order valence-corrected chi connectivity index (χ1v) is 19.6. The largest absolute Gasteiger partial charge is 0.463 e. The van der Waals surface area contributed by atoms with Gasteiger partial charge in [0, 0.05) is 13.0 Å². The predicted molar refractivity (Wildman–Crippen MR) is 193 cm³/mol. The summed E-state index contributed by atoms with van der Waals surface area (Å²) in [5.41, 5.74) is 0. The fourth-order valence-corrected chi connectivity index (χ4v) is 4.54. The zero-order valence-corrected chi connectivity index (χ0v) is 32.2. The minimum Gasteiger partial charge on any atom is -0.463 e. The maximum atomic E-state index is 11.6. The topological polar surface area (TPSA) is 146 Å². The molecule has 52 heavy (non-hydrogen) atoms. The van der Waals surface area contributed by atoms with E-state index in [9.17, 15) is 4.79 Å². The highest BCUT2D eigenvalue weighted by Gasteiger charge is 2.13. The van der Waals surface area contributed by atoms with Gasteiger partial charge in [-0.2, -0.15) is 0 Å². The maximum Gasteiger partial charge on any atom is 0.305 e. The lowest BCUT2D eigenvalue weighted by Crippen LogP contribution is -2.24. The molecule has 0 bridgehead atoms. The van der Waals surface area contributed by atoms with Crippen LogP contribution >= 0.6 is 0 Å². The molecule has 1 atom stereocenters. The Kier molecular flexibility index (Phi) is 40.2. The molecule has 0 saturated carbocycles. The molecule has 0 aliphatic carbocycles. The highest BCUT2D eigenvalue weighted by Crippen LogP contribution is 2.13. The van der Waals surface area contributed by atoms with Crippen LogP contribution in [0.25, 0.3) is 0 Å². The summed E-state index contributed by atoms with van der Waals surface area (Å²) < 4.78 is 76.6. The lowest BCUT2D eigenvalue weighted by Gasteiger charge is -2.22. The lowest BCUT2D eigenvalue weighted by molar-refractivity contribution is -0.169. The summed E-state index contributed by atoms with van der Waals surface area (Å²) in [6.07, 6.45) is 9.25. The third-order valence-corrected chi connectivity index (χ3v) is 7.36. The van der Waals surface area contributed by atoms with E-state index in [1.807, 2.05) is 0 Å². The Morgan fingerprint density at radius 1 is 0.442 bits per heavy atom. The quantitative estimate of drug-likeness (QED) is 0.0659. The molecule has 1 rings (SSSR count). The van der Waals surface area contributed by atoms with Crippen molar-refractivity contribution in [1.82, 2.24) is 0 Å². The van der Waals surface area contributed by atoms with Gasteiger partial charge in [-0.25, -0.2) is 0 Å². The summed E-state index contributed by atoms with van der Waals surface area (Å²) in [6.45, 7) is 14.7. The summed E-state index contributed by atoms with van der Waals surface area (Å²) in [6, 6.07) is 0. The number of unbranched alkanes of at least 4 members (excludes halogenated alkanes) is 4. The molecule has 0 aromatic carbocycles. The second-order valence-electron chi connectivity index (χ2n) is 11.8. The maximum absolute atomic E-state index is 11.6. The Bertz CT molecular complexity index is 700. The number of ether oxygens (including phenoxy) is 14. The van der Waals surface area contributed by atoms with Crippen LogP contribution in [0.2, 0.25) is 0 Å². The van der Waals surface area contributed by atoms with Crippen molar-refractivity contribution in [2.45, 2.75) is 71.0 Å². The molecule has 0 N–H and O–H groups in total. The SMILES string of the molecule is CCCCCCCC(=O)OCCOCCOCCOCCOCCOCCOCCOCCOCCOCCOCCOCCOC1CCCCO1. The average Bonchev–Trinajstić information content (AvgIpc) is 3.16. The Morgan fingerprint density at radius 2 is 0.788 bits per heavy atom. The van der Waals surface area contributed by atoms with Crippen LogP contribution in [0, 0.1) is 0 Å². The molecule has 1 saturated heterocycles. The average molecular weight is 757 g/mol. The lowest BCUT2D eigenvalue weighted by atomic mass is 10.1. The van der Waals surface area contributed by atoms with Gasteiger partial charge < -0.3 is 66.3 Å². The van der Waals surface area contributed by atoms with Crippen molar-refractivity contribution in [1.29, 1.82) is 0 Å². The molecule has 0 spiro atoms. The number of carbonyl (C=O) groups is 1. The third kappa shape index (κ3) is 38.7. The van der Waals surface area contributed by atoms with Gasteiger partial charge in [0.2, 0.25) is 0 Å². The first-order chi connectivity index (χ1) is 25.8. The monoisotopic (exact) mass is 756 g/mol. The van der Waals surface area contributed by atoms with Crippen molar-refractivity contribution < 1.29 is 71.1 Å². The van der Waals surface area contributed by atoms with Crippen molar-refractivity contribution in [3.63, 3.8) is 0 Å². The van der Waals surface area contributed by atoms with Crippen molar-refractivity contribution >= 4 is 5.97 Å².